The van der Waals surface area contributed by atoms with Gasteiger partial charge in [-0.25, -0.2) is 15.0 Å². The second kappa shape index (κ2) is 11.8. The lowest BCUT2D eigenvalue weighted by molar-refractivity contribution is 0.748. The Balaban J connectivity index is 1.17. The van der Waals surface area contributed by atoms with E-state index in [4.69, 9.17) is 15.0 Å². The zero-order chi connectivity index (χ0) is 36.8. The van der Waals surface area contributed by atoms with Crippen LogP contribution in [0.3, 0.4) is 0 Å². The zero-order valence-corrected chi connectivity index (χ0v) is 30.3. The molecule has 2 aromatic heterocycles. The van der Waals surface area contributed by atoms with E-state index in [1.54, 1.807) is 0 Å². The van der Waals surface area contributed by atoms with Crippen LogP contribution in [0.1, 0.15) is 22.3 Å². The Hall–Kier alpha value is -7.43. The fraction of sp³-hybridized carbons (Fsp3) is 0.0192. The molecule has 0 N–H and O–H groups in total. The Morgan fingerprint density at radius 2 is 0.821 bits per heavy atom. The van der Waals surface area contributed by atoms with Gasteiger partial charge in [-0.3, -0.25) is 0 Å². The molecule has 0 atom stereocenters. The normalized spacial score (nSPS) is 13.1. The Bertz CT molecular complexity index is 3130. The van der Waals surface area contributed by atoms with Gasteiger partial charge in [0.1, 0.15) is 0 Å². The fourth-order valence-electron chi connectivity index (χ4n) is 9.50. The lowest BCUT2D eigenvalue weighted by atomic mass is 9.65. The number of benzene rings is 8. The monoisotopic (exact) mass is 712 g/mol. The van der Waals surface area contributed by atoms with E-state index in [2.05, 4.69) is 174 Å². The summed E-state index contributed by atoms with van der Waals surface area (Å²) >= 11 is 0. The van der Waals surface area contributed by atoms with Gasteiger partial charge in [0.15, 0.2) is 17.5 Å². The van der Waals surface area contributed by atoms with E-state index in [0.717, 1.165) is 22.3 Å². The quantitative estimate of drug-likeness (QED) is 0.182. The largest absolute Gasteiger partial charge is 0.309 e. The first-order valence-corrected chi connectivity index (χ1v) is 19.1. The third-order valence-corrected chi connectivity index (χ3v) is 11.8. The molecule has 0 saturated heterocycles. The SMILES string of the molecule is c1ccc(-c2ccc(-c3nc(-c4ccccc4)nc(-c4cc5c6c(c4)c4ccccc4n6-c4ccccc4C54c5ccccc5-c5ccccc54)n3)cc2)cc1. The zero-order valence-electron chi connectivity index (χ0n) is 30.3. The summed E-state index contributed by atoms with van der Waals surface area (Å²) in [7, 11) is 0. The third-order valence-electron chi connectivity index (χ3n) is 11.8. The summed E-state index contributed by atoms with van der Waals surface area (Å²) < 4.78 is 2.48. The van der Waals surface area contributed by atoms with Crippen molar-refractivity contribution >= 4 is 21.8 Å². The van der Waals surface area contributed by atoms with Gasteiger partial charge in [-0.05, 0) is 68.8 Å². The van der Waals surface area contributed by atoms with Crippen molar-refractivity contribution in [3.8, 4) is 62.1 Å². The first kappa shape index (κ1) is 31.0. The lowest BCUT2D eigenvalue weighted by Gasteiger charge is -2.39. The maximum atomic E-state index is 5.31. The maximum absolute atomic E-state index is 5.31. The second-order valence-corrected chi connectivity index (χ2v) is 14.7. The summed E-state index contributed by atoms with van der Waals surface area (Å²) in [4.78, 5) is 15.7. The molecule has 260 valence electrons. The molecule has 1 aliphatic carbocycles. The molecule has 0 bridgehead atoms. The maximum Gasteiger partial charge on any atom is 0.164 e. The Morgan fingerprint density at radius 1 is 0.339 bits per heavy atom. The number of nitrogens with zero attached hydrogens (tertiary/aromatic N) is 4. The molecule has 4 heteroatoms. The second-order valence-electron chi connectivity index (χ2n) is 14.7. The molecule has 1 spiro atoms. The van der Waals surface area contributed by atoms with E-state index in [1.807, 2.05) is 24.3 Å². The first-order valence-electron chi connectivity index (χ1n) is 19.1. The molecule has 3 heterocycles. The standard InChI is InChI=1S/C52H32N4/c1-3-15-33(16-4-1)34-27-29-36(30-28-34)50-53-49(35-17-5-2-6-18-35)54-51(55-50)37-31-41-40-21-9-13-25-46(40)56-47-26-14-12-24-44(47)52(45(32-37)48(41)56)42-22-10-7-19-38(42)39-20-8-11-23-43(39)52/h1-32H. The highest BCUT2D eigenvalue weighted by molar-refractivity contribution is 6.14. The third kappa shape index (κ3) is 4.27. The van der Waals surface area contributed by atoms with Crippen LogP contribution in [0.15, 0.2) is 194 Å². The van der Waals surface area contributed by atoms with Crippen LogP contribution in [0.5, 0.6) is 0 Å². The van der Waals surface area contributed by atoms with E-state index >= 15 is 0 Å². The van der Waals surface area contributed by atoms with E-state index in [-0.39, 0.29) is 0 Å². The Labute approximate surface area is 324 Å². The predicted molar refractivity (Wildman–Crippen MR) is 227 cm³/mol. The average Bonchev–Trinajstić information content (AvgIpc) is 3.77. The van der Waals surface area contributed by atoms with Crippen LogP contribution in [-0.4, -0.2) is 19.5 Å². The van der Waals surface area contributed by atoms with Crippen LogP contribution < -0.4 is 0 Å². The molecule has 10 aromatic rings. The van der Waals surface area contributed by atoms with Gasteiger partial charge < -0.3 is 4.57 Å². The minimum atomic E-state index is -0.562. The van der Waals surface area contributed by atoms with Gasteiger partial charge in [0.2, 0.25) is 0 Å². The molecule has 8 aromatic carbocycles. The van der Waals surface area contributed by atoms with Crippen molar-refractivity contribution in [2.75, 3.05) is 0 Å². The van der Waals surface area contributed by atoms with E-state index < -0.39 is 5.41 Å². The van der Waals surface area contributed by atoms with Crippen molar-refractivity contribution in [2.24, 2.45) is 0 Å². The highest BCUT2D eigenvalue weighted by Crippen LogP contribution is 2.61. The summed E-state index contributed by atoms with van der Waals surface area (Å²) in [6, 6.07) is 69.6. The average molecular weight is 713 g/mol. The van der Waals surface area contributed by atoms with Crippen LogP contribution >= 0.6 is 0 Å². The number of aromatic nitrogens is 4. The van der Waals surface area contributed by atoms with Gasteiger partial charge in [-0.1, -0.05) is 170 Å². The number of para-hydroxylation sites is 2. The number of hydrogen-bond donors (Lipinski definition) is 0. The van der Waals surface area contributed by atoms with Crippen LogP contribution in [0.4, 0.5) is 0 Å². The predicted octanol–water partition coefficient (Wildman–Crippen LogP) is 12.3. The minimum absolute atomic E-state index is 0.562. The summed E-state index contributed by atoms with van der Waals surface area (Å²) in [6.07, 6.45) is 0. The molecule has 4 nitrogen and oxygen atoms in total. The van der Waals surface area contributed by atoms with Crippen molar-refractivity contribution in [3.63, 3.8) is 0 Å². The summed E-state index contributed by atoms with van der Waals surface area (Å²) in [6.45, 7) is 0. The molecule has 12 rings (SSSR count). The Morgan fingerprint density at radius 3 is 1.50 bits per heavy atom. The van der Waals surface area contributed by atoms with Gasteiger partial charge in [-0.2, -0.15) is 0 Å². The smallest absolute Gasteiger partial charge is 0.164 e. The van der Waals surface area contributed by atoms with E-state index in [9.17, 15) is 0 Å². The number of rotatable bonds is 4. The molecule has 0 fully saturated rings. The van der Waals surface area contributed by atoms with Crippen molar-refractivity contribution in [1.29, 1.82) is 0 Å². The van der Waals surface area contributed by atoms with Crippen molar-refractivity contribution in [2.45, 2.75) is 5.41 Å². The van der Waals surface area contributed by atoms with Gasteiger partial charge in [0.05, 0.1) is 22.1 Å². The van der Waals surface area contributed by atoms with Crippen LogP contribution in [0.2, 0.25) is 0 Å². The van der Waals surface area contributed by atoms with Gasteiger partial charge >= 0.3 is 0 Å². The lowest BCUT2D eigenvalue weighted by Crippen LogP contribution is -2.33. The van der Waals surface area contributed by atoms with Crippen molar-refractivity contribution in [1.82, 2.24) is 19.5 Å². The van der Waals surface area contributed by atoms with Crippen LogP contribution in [0.25, 0.3) is 83.9 Å². The molecular weight excluding hydrogens is 681 g/mol. The minimum Gasteiger partial charge on any atom is -0.309 e. The van der Waals surface area contributed by atoms with Gasteiger partial charge in [0.25, 0.3) is 0 Å². The fourth-order valence-corrected chi connectivity index (χ4v) is 9.50. The Kier molecular flexibility index (Phi) is 6.52. The molecule has 1 aliphatic heterocycles. The summed E-state index contributed by atoms with van der Waals surface area (Å²) in [5, 5.41) is 2.38. The molecule has 0 unspecified atom stereocenters. The van der Waals surface area contributed by atoms with E-state index in [1.165, 1.54) is 66.4 Å². The molecular formula is C52H32N4. The van der Waals surface area contributed by atoms with Crippen molar-refractivity contribution < 1.29 is 0 Å². The summed E-state index contributed by atoms with van der Waals surface area (Å²) in [5.41, 5.74) is 15.8. The molecule has 0 saturated carbocycles. The van der Waals surface area contributed by atoms with Crippen LogP contribution in [0, 0.1) is 0 Å². The van der Waals surface area contributed by atoms with Crippen LogP contribution in [-0.2, 0) is 5.41 Å². The summed E-state index contributed by atoms with van der Waals surface area (Å²) in [5.74, 6) is 1.93. The van der Waals surface area contributed by atoms with Crippen molar-refractivity contribution in [3.05, 3.63) is 216 Å². The van der Waals surface area contributed by atoms with Gasteiger partial charge in [0, 0.05) is 27.5 Å². The molecule has 0 radical (unpaired) electrons. The van der Waals surface area contributed by atoms with E-state index in [0.29, 0.717) is 17.5 Å². The highest BCUT2D eigenvalue weighted by Gasteiger charge is 2.50. The molecule has 2 aliphatic rings. The highest BCUT2D eigenvalue weighted by atomic mass is 15.0. The number of fused-ring (bicyclic) bond motifs is 12. The number of hydrogen-bond acceptors (Lipinski definition) is 3. The molecule has 0 amide bonds. The molecule has 56 heavy (non-hydrogen) atoms. The van der Waals surface area contributed by atoms with Gasteiger partial charge in [-0.15, -0.1) is 0 Å². The topological polar surface area (TPSA) is 43.6 Å². The first-order chi connectivity index (χ1) is 27.8.